The van der Waals surface area contributed by atoms with Gasteiger partial charge in [-0.3, -0.25) is 9.69 Å². The Morgan fingerprint density at radius 2 is 1.67 bits per heavy atom. The van der Waals surface area contributed by atoms with Gasteiger partial charge in [0.15, 0.2) is 0 Å². The maximum atomic E-state index is 13.5. The second-order valence-corrected chi connectivity index (χ2v) is 13.8. The lowest BCUT2D eigenvalue weighted by atomic mass is 9.87. The van der Waals surface area contributed by atoms with Crippen molar-refractivity contribution < 1.29 is 17.9 Å². The fraction of sp³-hybridized carbons (Fsp3) is 0.364. The van der Waals surface area contributed by atoms with Gasteiger partial charge in [0.1, 0.15) is 5.75 Å². The summed E-state index contributed by atoms with van der Waals surface area (Å²) in [6.45, 7) is 9.83. The third kappa shape index (κ3) is 8.01. The van der Waals surface area contributed by atoms with E-state index in [2.05, 4.69) is 25.7 Å². The molecule has 0 bridgehead atoms. The first-order valence-corrected chi connectivity index (χ1v) is 16.0. The van der Waals surface area contributed by atoms with Gasteiger partial charge >= 0.3 is 0 Å². The fourth-order valence-corrected chi connectivity index (χ4v) is 6.53. The predicted molar refractivity (Wildman–Crippen MR) is 170 cm³/mol. The van der Waals surface area contributed by atoms with Crippen molar-refractivity contribution in [2.24, 2.45) is 0 Å². The summed E-state index contributed by atoms with van der Waals surface area (Å²) in [6.07, 6.45) is 3.91. The second-order valence-electron chi connectivity index (χ2n) is 11.4. The maximum absolute atomic E-state index is 13.5. The zero-order valence-corrected chi connectivity index (χ0v) is 26.4. The van der Waals surface area contributed by atoms with Gasteiger partial charge in [-0.1, -0.05) is 80.9 Å². The van der Waals surface area contributed by atoms with Crippen molar-refractivity contribution in [2.45, 2.75) is 31.1 Å². The predicted octanol–water partition coefficient (Wildman–Crippen LogP) is 5.81. The summed E-state index contributed by atoms with van der Waals surface area (Å²) in [5.41, 5.74) is 2.52. The first kappa shape index (κ1) is 31.8. The number of amides is 1. The summed E-state index contributed by atoms with van der Waals surface area (Å²) in [4.78, 5) is 17.8. The van der Waals surface area contributed by atoms with Gasteiger partial charge in [0.2, 0.25) is 10.0 Å². The normalized spacial score (nSPS) is 15.2. The summed E-state index contributed by atoms with van der Waals surface area (Å²) in [7, 11) is -1.93. The molecule has 1 aliphatic heterocycles. The lowest BCUT2D eigenvalue weighted by Gasteiger charge is -2.35. The van der Waals surface area contributed by atoms with E-state index in [9.17, 15) is 13.2 Å². The zero-order valence-electron chi connectivity index (χ0n) is 24.8. The molecule has 0 unspecified atom stereocenters. The van der Waals surface area contributed by atoms with Crippen LogP contribution in [-0.2, 0) is 15.4 Å². The van der Waals surface area contributed by atoms with E-state index in [-0.39, 0.29) is 11.3 Å². The Labute approximate surface area is 255 Å². The van der Waals surface area contributed by atoms with Crippen LogP contribution in [-0.4, -0.2) is 81.4 Å². The summed E-state index contributed by atoms with van der Waals surface area (Å²) < 4.78 is 33.6. The monoisotopic (exact) mass is 609 g/mol. The molecule has 3 aromatic rings. The number of para-hydroxylation sites is 1. The molecular formula is C33H40ClN3O4S. The smallest absolute Gasteiger partial charge is 0.254 e. The lowest BCUT2D eigenvalue weighted by Crippen LogP contribution is -2.50. The minimum atomic E-state index is -3.57. The minimum absolute atomic E-state index is 0.0415. The second kappa shape index (κ2) is 13.9. The zero-order chi connectivity index (χ0) is 30.3. The molecule has 1 fully saturated rings. The molecule has 9 heteroatoms. The van der Waals surface area contributed by atoms with Crippen molar-refractivity contribution in [1.82, 2.24) is 14.1 Å². The number of halogens is 1. The van der Waals surface area contributed by atoms with Crippen LogP contribution in [0.5, 0.6) is 5.75 Å². The molecule has 4 rings (SSSR count). The first-order valence-electron chi connectivity index (χ1n) is 14.2. The van der Waals surface area contributed by atoms with Crippen molar-refractivity contribution in [3.63, 3.8) is 0 Å². The Kier molecular flexibility index (Phi) is 10.5. The molecule has 1 aliphatic rings. The van der Waals surface area contributed by atoms with Crippen LogP contribution in [0.2, 0.25) is 5.02 Å². The molecule has 0 spiro atoms. The number of ether oxygens (including phenoxy) is 1. The Bertz CT molecular complexity index is 1490. The SMILES string of the molecule is COc1ccccc1/C=C/CN(CCN1CCN(S(=O)(=O)c2ccc(C(C)(C)C)cc2)CC1)C(=O)c1cccc(Cl)c1. The number of benzene rings is 3. The maximum Gasteiger partial charge on any atom is 0.254 e. The third-order valence-electron chi connectivity index (χ3n) is 7.50. The Morgan fingerprint density at radius 3 is 2.31 bits per heavy atom. The van der Waals surface area contributed by atoms with Crippen LogP contribution >= 0.6 is 11.6 Å². The molecule has 7 nitrogen and oxygen atoms in total. The summed E-state index contributed by atoms with van der Waals surface area (Å²) in [5, 5.41) is 0.510. The highest BCUT2D eigenvalue weighted by Crippen LogP contribution is 2.25. The van der Waals surface area contributed by atoms with E-state index in [1.165, 1.54) is 0 Å². The highest BCUT2D eigenvalue weighted by molar-refractivity contribution is 7.89. The van der Waals surface area contributed by atoms with Crippen LogP contribution in [0.1, 0.15) is 42.3 Å². The van der Waals surface area contributed by atoms with Gasteiger partial charge < -0.3 is 9.64 Å². The van der Waals surface area contributed by atoms with Crippen LogP contribution in [0.3, 0.4) is 0 Å². The van der Waals surface area contributed by atoms with Crippen molar-refractivity contribution >= 4 is 33.6 Å². The molecule has 1 amide bonds. The molecular weight excluding hydrogens is 570 g/mol. The van der Waals surface area contributed by atoms with E-state index in [1.807, 2.05) is 48.6 Å². The number of methoxy groups -OCH3 is 1. The standard InChI is InChI=1S/C33H40ClN3O4S/c1-33(2,3)28-14-16-30(17-15-28)42(39,40)37-23-20-35(21-24-37)19-22-36(32(38)27-10-7-12-29(34)25-27)18-8-11-26-9-5-6-13-31(26)41-4/h5-17,25H,18-24H2,1-4H3/b11-8+. The highest BCUT2D eigenvalue weighted by Gasteiger charge is 2.29. The number of sulfonamides is 1. The van der Waals surface area contributed by atoms with Gasteiger partial charge in [-0.05, 0) is 47.4 Å². The van der Waals surface area contributed by atoms with Crippen LogP contribution < -0.4 is 4.74 Å². The molecule has 224 valence electrons. The van der Waals surface area contributed by atoms with E-state index < -0.39 is 10.0 Å². The van der Waals surface area contributed by atoms with E-state index in [0.717, 1.165) is 16.9 Å². The van der Waals surface area contributed by atoms with Crippen LogP contribution in [0.25, 0.3) is 6.08 Å². The minimum Gasteiger partial charge on any atom is -0.496 e. The van der Waals surface area contributed by atoms with Crippen LogP contribution in [0, 0.1) is 0 Å². The molecule has 1 saturated heterocycles. The van der Waals surface area contributed by atoms with E-state index in [1.54, 1.807) is 52.7 Å². The first-order chi connectivity index (χ1) is 20.0. The van der Waals surface area contributed by atoms with Crippen molar-refractivity contribution in [3.05, 3.63) is 101 Å². The number of piperazine rings is 1. The summed E-state index contributed by atoms with van der Waals surface area (Å²) in [5.74, 6) is 0.654. The Morgan fingerprint density at radius 1 is 0.976 bits per heavy atom. The Hall–Kier alpha value is -3.17. The number of hydrogen-bond acceptors (Lipinski definition) is 5. The third-order valence-corrected chi connectivity index (χ3v) is 9.64. The van der Waals surface area contributed by atoms with E-state index >= 15 is 0 Å². The fourth-order valence-electron chi connectivity index (χ4n) is 4.92. The lowest BCUT2D eigenvalue weighted by molar-refractivity contribution is 0.0745. The number of rotatable bonds is 10. The topological polar surface area (TPSA) is 70.2 Å². The molecule has 0 N–H and O–H groups in total. The number of hydrogen-bond donors (Lipinski definition) is 0. The van der Waals surface area contributed by atoms with Crippen LogP contribution in [0.4, 0.5) is 0 Å². The summed E-state index contributed by atoms with van der Waals surface area (Å²) in [6, 6.07) is 21.9. The van der Waals surface area contributed by atoms with E-state index in [0.29, 0.717) is 61.3 Å². The molecule has 0 aliphatic carbocycles. The van der Waals surface area contributed by atoms with Gasteiger partial charge in [-0.2, -0.15) is 4.31 Å². The van der Waals surface area contributed by atoms with Gasteiger partial charge in [0, 0.05) is 62.0 Å². The molecule has 0 radical (unpaired) electrons. The summed E-state index contributed by atoms with van der Waals surface area (Å²) >= 11 is 6.17. The molecule has 0 aromatic heterocycles. The highest BCUT2D eigenvalue weighted by atomic mass is 35.5. The number of nitrogens with zero attached hydrogens (tertiary/aromatic N) is 3. The largest absolute Gasteiger partial charge is 0.496 e. The van der Waals surface area contributed by atoms with Gasteiger partial charge in [0.05, 0.1) is 12.0 Å². The van der Waals surface area contributed by atoms with Crippen LogP contribution in [0.15, 0.2) is 83.8 Å². The molecule has 0 saturated carbocycles. The molecule has 1 heterocycles. The molecule has 3 aromatic carbocycles. The van der Waals surface area contributed by atoms with Gasteiger partial charge in [-0.15, -0.1) is 0 Å². The molecule has 42 heavy (non-hydrogen) atoms. The van der Waals surface area contributed by atoms with E-state index in [4.69, 9.17) is 16.3 Å². The van der Waals surface area contributed by atoms with Crippen molar-refractivity contribution in [3.8, 4) is 5.75 Å². The Balaban J connectivity index is 1.39. The van der Waals surface area contributed by atoms with Crippen molar-refractivity contribution in [2.75, 3.05) is 52.9 Å². The van der Waals surface area contributed by atoms with Crippen molar-refractivity contribution in [1.29, 1.82) is 0 Å². The average molecular weight is 610 g/mol. The average Bonchev–Trinajstić information content (AvgIpc) is 2.98. The van der Waals surface area contributed by atoms with Gasteiger partial charge in [-0.25, -0.2) is 8.42 Å². The number of carbonyl (C=O) groups is 1. The quantitative estimate of drug-likeness (QED) is 0.290. The number of carbonyl (C=O) groups excluding carboxylic acids is 1. The van der Waals surface area contributed by atoms with Gasteiger partial charge in [0.25, 0.3) is 5.91 Å². The molecule has 0 atom stereocenters.